The fourth-order valence-electron chi connectivity index (χ4n) is 1.56. The minimum absolute atomic E-state index is 0.0633. The molecule has 6 heteroatoms. The van der Waals surface area contributed by atoms with Crippen LogP contribution in [0.25, 0.3) is 10.2 Å². The van der Waals surface area contributed by atoms with Gasteiger partial charge in [-0.2, -0.15) is 0 Å². The van der Waals surface area contributed by atoms with E-state index in [1.807, 2.05) is 29.6 Å². The van der Waals surface area contributed by atoms with Crippen molar-refractivity contribution < 1.29 is 0 Å². The molecule has 0 radical (unpaired) electrons. The smallest absolute Gasteiger partial charge is 0.268 e. The zero-order valence-corrected chi connectivity index (χ0v) is 10.9. The fraction of sp³-hybridized carbons (Fsp3) is 0.0833. The van der Waals surface area contributed by atoms with Crippen molar-refractivity contribution in [3.05, 3.63) is 52.0 Å². The second-order valence-electron chi connectivity index (χ2n) is 3.60. The highest BCUT2D eigenvalue weighted by atomic mass is 32.2. The third kappa shape index (κ3) is 2.30. The van der Waals surface area contributed by atoms with Crippen molar-refractivity contribution in [2.45, 2.75) is 10.8 Å². The molecular formula is C12H9N3OS2. The third-order valence-electron chi connectivity index (χ3n) is 2.36. The number of aromatic amines is 1. The van der Waals surface area contributed by atoms with E-state index in [0.29, 0.717) is 16.3 Å². The van der Waals surface area contributed by atoms with Crippen molar-refractivity contribution in [1.82, 2.24) is 15.0 Å². The van der Waals surface area contributed by atoms with E-state index >= 15 is 0 Å². The number of pyridine rings is 1. The summed E-state index contributed by atoms with van der Waals surface area (Å²) in [4.78, 5) is 23.2. The number of hydrogen-bond donors (Lipinski definition) is 1. The quantitative estimate of drug-likeness (QED) is 0.747. The maximum atomic E-state index is 11.8. The Kier molecular flexibility index (Phi) is 3.12. The van der Waals surface area contributed by atoms with Gasteiger partial charge in [-0.3, -0.25) is 4.79 Å². The Balaban J connectivity index is 1.85. The van der Waals surface area contributed by atoms with Gasteiger partial charge in [0.1, 0.15) is 10.5 Å². The number of thiophene rings is 1. The number of fused-ring (bicyclic) bond motifs is 1. The van der Waals surface area contributed by atoms with Crippen molar-refractivity contribution >= 4 is 33.3 Å². The van der Waals surface area contributed by atoms with Gasteiger partial charge in [0.25, 0.3) is 5.56 Å². The summed E-state index contributed by atoms with van der Waals surface area (Å²) in [6.07, 6.45) is 1.75. The fourth-order valence-corrected chi connectivity index (χ4v) is 3.02. The SMILES string of the molecule is O=c1[nH]c(CSc2ccccn2)nc2ccsc12. The van der Waals surface area contributed by atoms with Crippen LogP contribution in [0.5, 0.6) is 0 Å². The van der Waals surface area contributed by atoms with Crippen LogP contribution < -0.4 is 5.56 Å². The number of hydrogen-bond acceptors (Lipinski definition) is 5. The summed E-state index contributed by atoms with van der Waals surface area (Å²) in [5.74, 6) is 1.29. The van der Waals surface area contributed by atoms with E-state index < -0.39 is 0 Å². The molecule has 90 valence electrons. The van der Waals surface area contributed by atoms with Crippen LogP contribution >= 0.6 is 23.1 Å². The molecule has 0 aliphatic rings. The van der Waals surface area contributed by atoms with Gasteiger partial charge in [0.15, 0.2) is 0 Å². The lowest BCUT2D eigenvalue weighted by molar-refractivity contribution is 1.04. The van der Waals surface area contributed by atoms with E-state index in [1.165, 1.54) is 11.3 Å². The van der Waals surface area contributed by atoms with Gasteiger partial charge >= 0.3 is 0 Å². The van der Waals surface area contributed by atoms with Crippen LogP contribution in [-0.2, 0) is 5.75 Å². The molecule has 0 unspecified atom stereocenters. The molecule has 0 saturated carbocycles. The van der Waals surface area contributed by atoms with E-state index in [1.54, 1.807) is 18.0 Å². The molecule has 1 N–H and O–H groups in total. The number of thioether (sulfide) groups is 1. The van der Waals surface area contributed by atoms with Gasteiger partial charge in [0.2, 0.25) is 0 Å². The van der Waals surface area contributed by atoms with E-state index in [2.05, 4.69) is 15.0 Å². The van der Waals surface area contributed by atoms with Gasteiger partial charge < -0.3 is 4.98 Å². The Hall–Kier alpha value is -1.66. The van der Waals surface area contributed by atoms with Gasteiger partial charge in [0, 0.05) is 6.20 Å². The lowest BCUT2D eigenvalue weighted by Gasteiger charge is -2.00. The average Bonchev–Trinajstić information content (AvgIpc) is 2.86. The van der Waals surface area contributed by atoms with Gasteiger partial charge in [-0.1, -0.05) is 17.8 Å². The van der Waals surface area contributed by atoms with Crippen LogP contribution in [0.3, 0.4) is 0 Å². The summed E-state index contributed by atoms with van der Waals surface area (Å²) in [6, 6.07) is 7.62. The van der Waals surface area contributed by atoms with Crippen LogP contribution in [0.2, 0.25) is 0 Å². The molecule has 3 rings (SSSR count). The van der Waals surface area contributed by atoms with Crippen molar-refractivity contribution in [2.24, 2.45) is 0 Å². The van der Waals surface area contributed by atoms with E-state index in [4.69, 9.17) is 0 Å². The number of H-pyrrole nitrogens is 1. The zero-order valence-electron chi connectivity index (χ0n) is 9.29. The summed E-state index contributed by atoms with van der Waals surface area (Å²) in [6.45, 7) is 0. The maximum Gasteiger partial charge on any atom is 0.268 e. The lowest BCUT2D eigenvalue weighted by Crippen LogP contribution is -2.09. The molecule has 0 amide bonds. The molecule has 0 aromatic carbocycles. The largest absolute Gasteiger partial charge is 0.309 e. The molecule has 0 aliphatic carbocycles. The van der Waals surface area contributed by atoms with E-state index in [9.17, 15) is 4.79 Å². The summed E-state index contributed by atoms with van der Waals surface area (Å²) in [5, 5.41) is 2.80. The Morgan fingerprint density at radius 1 is 1.33 bits per heavy atom. The first-order valence-electron chi connectivity index (χ1n) is 5.33. The van der Waals surface area contributed by atoms with Crippen LogP contribution in [0.15, 0.2) is 45.7 Å². The second kappa shape index (κ2) is 4.91. The Morgan fingerprint density at radius 2 is 2.28 bits per heavy atom. The number of aromatic nitrogens is 3. The van der Waals surface area contributed by atoms with Crippen LogP contribution in [0.4, 0.5) is 0 Å². The molecule has 0 spiro atoms. The Bertz CT molecular complexity index is 721. The van der Waals surface area contributed by atoms with E-state index in [0.717, 1.165) is 10.5 Å². The molecule has 0 fully saturated rings. The maximum absolute atomic E-state index is 11.8. The van der Waals surface area contributed by atoms with Gasteiger partial charge in [-0.15, -0.1) is 11.3 Å². The number of nitrogens with zero attached hydrogens (tertiary/aromatic N) is 2. The summed E-state index contributed by atoms with van der Waals surface area (Å²) in [7, 11) is 0. The minimum atomic E-state index is -0.0633. The number of nitrogens with one attached hydrogen (secondary N) is 1. The predicted octanol–water partition coefficient (Wildman–Crippen LogP) is 2.67. The van der Waals surface area contributed by atoms with Crippen molar-refractivity contribution in [2.75, 3.05) is 0 Å². The predicted molar refractivity (Wildman–Crippen MR) is 74.0 cm³/mol. The summed E-state index contributed by atoms with van der Waals surface area (Å²) in [5.41, 5.74) is 0.701. The summed E-state index contributed by atoms with van der Waals surface area (Å²) >= 11 is 2.96. The van der Waals surface area contributed by atoms with Crippen LogP contribution in [0, 0.1) is 0 Å². The first kappa shape index (κ1) is 11.4. The van der Waals surface area contributed by atoms with Crippen LogP contribution in [-0.4, -0.2) is 15.0 Å². The Morgan fingerprint density at radius 3 is 3.11 bits per heavy atom. The topological polar surface area (TPSA) is 58.6 Å². The second-order valence-corrected chi connectivity index (χ2v) is 5.52. The molecule has 0 aliphatic heterocycles. The van der Waals surface area contributed by atoms with E-state index in [-0.39, 0.29) is 5.56 Å². The molecule has 0 atom stereocenters. The molecule has 3 heterocycles. The standard InChI is InChI=1S/C12H9N3OS2/c16-12-11-8(4-6-17-11)14-9(15-12)7-18-10-3-1-2-5-13-10/h1-6H,7H2,(H,14,15,16). The van der Waals surface area contributed by atoms with Gasteiger partial charge in [0.05, 0.1) is 16.3 Å². The average molecular weight is 275 g/mol. The lowest BCUT2D eigenvalue weighted by atomic mass is 10.4. The zero-order chi connectivity index (χ0) is 12.4. The van der Waals surface area contributed by atoms with Crippen LogP contribution in [0.1, 0.15) is 5.82 Å². The third-order valence-corrected chi connectivity index (χ3v) is 4.22. The first-order valence-corrected chi connectivity index (χ1v) is 7.20. The minimum Gasteiger partial charge on any atom is -0.309 e. The molecular weight excluding hydrogens is 266 g/mol. The molecule has 4 nitrogen and oxygen atoms in total. The van der Waals surface area contributed by atoms with Crippen molar-refractivity contribution in [3.63, 3.8) is 0 Å². The van der Waals surface area contributed by atoms with Crippen molar-refractivity contribution in [1.29, 1.82) is 0 Å². The first-order chi connectivity index (χ1) is 8.83. The molecule has 3 aromatic rings. The van der Waals surface area contributed by atoms with Gasteiger partial charge in [-0.25, -0.2) is 9.97 Å². The number of rotatable bonds is 3. The highest BCUT2D eigenvalue weighted by Crippen LogP contribution is 2.19. The monoisotopic (exact) mass is 275 g/mol. The Labute approximate surface area is 111 Å². The highest BCUT2D eigenvalue weighted by molar-refractivity contribution is 7.98. The molecule has 0 saturated heterocycles. The normalized spacial score (nSPS) is 10.9. The molecule has 3 aromatic heterocycles. The summed E-state index contributed by atoms with van der Waals surface area (Å²) < 4.78 is 0.682. The van der Waals surface area contributed by atoms with Gasteiger partial charge in [-0.05, 0) is 23.6 Å². The van der Waals surface area contributed by atoms with Crippen molar-refractivity contribution in [3.8, 4) is 0 Å². The molecule has 0 bridgehead atoms. The highest BCUT2D eigenvalue weighted by Gasteiger charge is 2.05. The molecule has 18 heavy (non-hydrogen) atoms.